The fourth-order valence-corrected chi connectivity index (χ4v) is 0.736. The molecule has 0 heterocycles. The van der Waals surface area contributed by atoms with Gasteiger partial charge >= 0.3 is 14.2 Å². The van der Waals surface area contributed by atoms with E-state index < -0.39 is 4.71 Å². The predicted molar refractivity (Wildman–Crippen MR) is 58.1 cm³/mol. The summed E-state index contributed by atoms with van der Waals surface area (Å²) < 4.78 is 8.91. The molecule has 0 rings (SSSR count). The summed E-state index contributed by atoms with van der Waals surface area (Å²) in [7, 11) is 0. The average Bonchev–Trinajstić information content (AvgIpc) is 1.64. The highest BCUT2D eigenvalue weighted by atomic mass is 80.0. The number of rotatable bonds is 1. The summed E-state index contributed by atoms with van der Waals surface area (Å²) in [6.07, 6.45) is 0. The minimum Gasteiger partial charge on any atom is -0.0510 e. The smallest absolute Gasteiger partial charge is 0.0510 e. The summed E-state index contributed by atoms with van der Waals surface area (Å²) in [5.74, 6) is 0. The lowest BCUT2D eigenvalue weighted by molar-refractivity contribution is 0.603. The van der Waals surface area contributed by atoms with Gasteiger partial charge in [-0.3, -0.25) is 0 Å². The third kappa shape index (κ3) is 3.55. The zero-order valence-corrected chi connectivity index (χ0v) is 12.5. The fraction of sp³-hybridized carbons (Fsp3) is 1.00. The van der Waals surface area contributed by atoms with E-state index in [9.17, 15) is 4.21 Å². The first kappa shape index (κ1) is 11.4. The zero-order valence-electron chi connectivity index (χ0n) is 3.71. The highest BCUT2D eigenvalue weighted by molar-refractivity contribution is 9.42. The molecule has 0 spiro atoms. The Morgan fingerprint density at radius 3 is 1.33 bits per heavy atom. The highest BCUT2D eigenvalue weighted by Gasteiger charge is 2.56. The van der Waals surface area contributed by atoms with Crippen molar-refractivity contribution in [3.05, 3.63) is 0 Å². The van der Waals surface area contributed by atoms with E-state index in [1.807, 2.05) is 0 Å². The maximum absolute atomic E-state index is 10.3. The van der Waals surface area contributed by atoms with Crippen LogP contribution in [-0.2, 0) is 15.9 Å². The maximum atomic E-state index is 10.3. The summed E-state index contributed by atoms with van der Waals surface area (Å²) in [5.41, 5.74) is 0. The molecule has 0 aliphatic heterocycles. The molecule has 1 nitrogen and oxygen atoms in total. The molecule has 0 saturated heterocycles. The minimum atomic E-state index is -0.785. The van der Waals surface area contributed by atoms with E-state index >= 15 is 0 Å². The predicted octanol–water partition coefficient (Wildman–Crippen LogP) is 3.70. The number of alkyl halides is 5. The van der Waals surface area contributed by atoms with Gasteiger partial charge in [0, 0.05) is 36.1 Å². The lowest BCUT2D eigenvalue weighted by atomic mass is 11.0. The van der Waals surface area contributed by atoms with Crippen molar-refractivity contribution in [1.29, 1.82) is 0 Å². The van der Waals surface area contributed by atoms with Gasteiger partial charge in [0.1, 0.15) is 0 Å². The Morgan fingerprint density at radius 1 is 1.00 bits per heavy atom. The van der Waals surface area contributed by atoms with Crippen molar-refractivity contribution in [3.63, 3.8) is 0 Å². The van der Waals surface area contributed by atoms with Crippen LogP contribution >= 0.6 is 79.6 Å². The van der Waals surface area contributed by atoms with Gasteiger partial charge in [0.15, 0.2) is 0 Å². The van der Waals surface area contributed by atoms with E-state index in [1.54, 1.807) is 0 Å². The van der Waals surface area contributed by atoms with Gasteiger partial charge in [-0.2, -0.15) is 0 Å². The van der Waals surface area contributed by atoms with Crippen LogP contribution in [0.3, 0.4) is 0 Å². The van der Waals surface area contributed by atoms with Gasteiger partial charge in [0.2, 0.25) is 2.14 Å². The first-order chi connectivity index (χ1) is 3.81. The molecule has 0 radical (unpaired) electrons. The molecule has 0 aliphatic rings. The van der Waals surface area contributed by atoms with E-state index in [0.29, 0.717) is 11.7 Å². The Balaban J connectivity index is 4.32. The van der Waals surface area contributed by atoms with Crippen LogP contribution in [0.5, 0.6) is 0 Å². The van der Waals surface area contributed by atoms with Gasteiger partial charge in [-0.1, -0.05) is 47.8 Å². The molecular formula is C2Br5OS+. The van der Waals surface area contributed by atoms with Crippen LogP contribution in [0.4, 0.5) is 0 Å². The molecule has 54 valence electrons. The van der Waals surface area contributed by atoms with Crippen molar-refractivity contribution >= 4 is 91.3 Å². The molecule has 0 aromatic carbocycles. The second-order valence-electron chi connectivity index (χ2n) is 1.10. The zero-order chi connectivity index (χ0) is 7.71. The van der Waals surface area contributed by atoms with Crippen LogP contribution in [0.1, 0.15) is 0 Å². The Bertz CT molecular complexity index is 117. The van der Waals surface area contributed by atoms with Crippen LogP contribution in [0.2, 0.25) is 0 Å². The van der Waals surface area contributed by atoms with E-state index in [2.05, 4.69) is 79.6 Å². The molecule has 9 heavy (non-hydrogen) atoms. The first-order valence-corrected chi connectivity index (χ1v) is 6.27. The van der Waals surface area contributed by atoms with E-state index in [0.717, 1.165) is 0 Å². The summed E-state index contributed by atoms with van der Waals surface area (Å²) in [6.45, 7) is 0. The van der Waals surface area contributed by atoms with Crippen LogP contribution < -0.4 is 0 Å². The molecule has 7 heteroatoms. The monoisotopic (exact) mass is 467 g/mol. The van der Waals surface area contributed by atoms with Crippen LogP contribution in [0, 0.1) is 0 Å². The van der Waals surface area contributed by atoms with Crippen molar-refractivity contribution in [2.24, 2.45) is 0 Å². The van der Waals surface area contributed by atoms with Crippen LogP contribution in [-0.4, -0.2) is 4.71 Å². The fourth-order valence-electron chi connectivity index (χ4n) is 0.0472. The topological polar surface area (TPSA) is 17.1 Å². The molecule has 0 saturated carbocycles. The van der Waals surface area contributed by atoms with Gasteiger partial charge in [-0.15, -0.1) is 0 Å². The van der Waals surface area contributed by atoms with Gasteiger partial charge in [0.05, 0.1) is 0 Å². The quantitative estimate of drug-likeness (QED) is 0.421. The van der Waals surface area contributed by atoms with Crippen LogP contribution in [0.25, 0.3) is 0 Å². The maximum Gasteiger partial charge on any atom is 0.493 e. The van der Waals surface area contributed by atoms with Gasteiger partial charge in [0.25, 0.3) is 0 Å². The SMILES string of the molecule is O=[S+]C(Br)(Br)C(Br)(Br)Br. The summed E-state index contributed by atoms with van der Waals surface area (Å²) in [4.78, 5) is 0. The summed E-state index contributed by atoms with van der Waals surface area (Å²) >= 11 is 16.2. The Hall–Kier alpha value is 2.42. The summed E-state index contributed by atoms with van der Waals surface area (Å²) in [6, 6.07) is 0. The Morgan fingerprint density at radius 2 is 1.33 bits per heavy atom. The second kappa shape index (κ2) is 3.89. The normalized spacial score (nSPS) is 13.4. The van der Waals surface area contributed by atoms with E-state index in [1.165, 1.54) is 0 Å². The van der Waals surface area contributed by atoms with Crippen molar-refractivity contribution in [2.45, 2.75) is 4.71 Å². The standard InChI is InChI=1S/C2Br5OS/c3-1(4,5)2(6,7)9-8/q+1. The van der Waals surface area contributed by atoms with Crippen LogP contribution in [0.15, 0.2) is 0 Å². The molecule has 0 amide bonds. The molecular weight excluding hydrogens is 472 g/mol. The Kier molecular flexibility index (Phi) is 4.93. The van der Waals surface area contributed by atoms with E-state index in [-0.39, 0.29) is 0 Å². The first-order valence-electron chi connectivity index (χ1n) is 1.57. The molecule has 0 N–H and O–H groups in total. The third-order valence-corrected chi connectivity index (χ3v) is 8.70. The molecule has 0 aromatic rings. The van der Waals surface area contributed by atoms with Gasteiger partial charge in [-0.25, -0.2) is 0 Å². The molecule has 0 atom stereocenters. The third-order valence-electron chi connectivity index (χ3n) is 0.435. The van der Waals surface area contributed by atoms with E-state index in [4.69, 9.17) is 0 Å². The number of hydrogen-bond donors (Lipinski definition) is 0. The van der Waals surface area contributed by atoms with Crippen molar-refractivity contribution in [1.82, 2.24) is 0 Å². The minimum absolute atomic E-state index is 0.377. The van der Waals surface area contributed by atoms with Crippen molar-refractivity contribution in [3.8, 4) is 0 Å². The molecule has 0 aliphatic carbocycles. The molecule has 0 unspecified atom stereocenters. The molecule has 0 aromatic heterocycles. The lowest BCUT2D eigenvalue weighted by Crippen LogP contribution is -2.26. The average molecular weight is 472 g/mol. The lowest BCUT2D eigenvalue weighted by Gasteiger charge is -2.11. The summed E-state index contributed by atoms with van der Waals surface area (Å²) in [5, 5.41) is 0. The van der Waals surface area contributed by atoms with Gasteiger partial charge in [-0.05, 0) is 0 Å². The highest BCUT2D eigenvalue weighted by Crippen LogP contribution is 2.52. The Labute approximate surface area is 98.8 Å². The molecule has 0 bridgehead atoms. The number of halogens is 5. The van der Waals surface area contributed by atoms with Crippen molar-refractivity contribution in [2.75, 3.05) is 0 Å². The largest absolute Gasteiger partial charge is 0.493 e. The second-order valence-corrected chi connectivity index (χ2v) is 13.1. The van der Waals surface area contributed by atoms with Crippen molar-refractivity contribution < 1.29 is 4.21 Å². The number of hydrogen-bond acceptors (Lipinski definition) is 1. The molecule has 0 fully saturated rings. The van der Waals surface area contributed by atoms with Gasteiger partial charge < -0.3 is 0 Å².